The largest absolute Gasteiger partial charge is 0.442 e. The third-order valence-electron chi connectivity index (χ3n) is 5.97. The predicted molar refractivity (Wildman–Crippen MR) is 147 cm³/mol. The number of nitrogens with zero attached hydrogens (tertiary/aromatic N) is 3. The van der Waals surface area contributed by atoms with E-state index in [1.165, 1.54) is 4.31 Å². The number of carbonyl (C=O) groups excluding carboxylic acids is 2. The number of rotatable bonds is 4. The van der Waals surface area contributed by atoms with Crippen LogP contribution in [0.2, 0.25) is 5.02 Å². The highest BCUT2D eigenvalue weighted by Crippen LogP contribution is 2.25. The lowest BCUT2D eigenvalue weighted by Gasteiger charge is -2.34. The number of fused-ring (bicyclic) bond motifs is 1. The van der Waals surface area contributed by atoms with Crippen LogP contribution < -0.4 is 5.73 Å². The molecule has 11 heteroatoms. The Hall–Kier alpha value is -3.47. The van der Waals surface area contributed by atoms with Crippen LogP contribution >= 0.6 is 11.6 Å². The van der Waals surface area contributed by atoms with Gasteiger partial charge in [-0.05, 0) is 67.9 Å². The standard InChI is InChI=1S/C27H29ClN4O5S/c1-27(2,3)37-26(34)30-24(29)18-4-6-19(7-5-18)25(33)31-12-14-32(15-13-31)38(35,36)23-11-9-20-16-22(28)10-8-21(20)17-23/h4-11,16-17H,12-15H2,1-3H3,(H2,29,30,34). The molecule has 1 aliphatic rings. The summed E-state index contributed by atoms with van der Waals surface area (Å²) >= 11 is 6.03. The SMILES string of the molecule is CC(C)(C)OC(=O)N=C(N)c1ccc(C(=O)N2CCN(S(=O)(=O)c3ccc4cc(Cl)ccc4c3)CC2)cc1. The Balaban J connectivity index is 1.39. The first-order chi connectivity index (χ1) is 17.8. The van der Waals surface area contributed by atoms with Gasteiger partial charge in [0, 0.05) is 42.3 Å². The van der Waals surface area contributed by atoms with E-state index in [0.29, 0.717) is 16.1 Å². The summed E-state index contributed by atoms with van der Waals surface area (Å²) in [6.45, 7) is 6.06. The minimum Gasteiger partial charge on any atom is -0.442 e. The van der Waals surface area contributed by atoms with Crippen LogP contribution in [0.25, 0.3) is 10.8 Å². The molecular weight excluding hydrogens is 528 g/mol. The van der Waals surface area contributed by atoms with Gasteiger partial charge in [-0.25, -0.2) is 13.2 Å². The molecule has 2 N–H and O–H groups in total. The van der Waals surface area contributed by atoms with Crippen molar-refractivity contribution >= 4 is 50.2 Å². The smallest absolute Gasteiger partial charge is 0.436 e. The zero-order chi connectivity index (χ0) is 27.7. The van der Waals surface area contributed by atoms with Gasteiger partial charge in [0.15, 0.2) is 0 Å². The van der Waals surface area contributed by atoms with Gasteiger partial charge >= 0.3 is 6.09 Å². The molecule has 0 radical (unpaired) electrons. The summed E-state index contributed by atoms with van der Waals surface area (Å²) in [6, 6.07) is 16.6. The van der Waals surface area contributed by atoms with Crippen molar-refractivity contribution in [2.45, 2.75) is 31.3 Å². The van der Waals surface area contributed by atoms with Gasteiger partial charge in [0.05, 0.1) is 4.90 Å². The maximum absolute atomic E-state index is 13.2. The van der Waals surface area contributed by atoms with E-state index < -0.39 is 21.7 Å². The van der Waals surface area contributed by atoms with Gasteiger partial charge in [0.25, 0.3) is 5.91 Å². The number of carbonyl (C=O) groups is 2. The first-order valence-electron chi connectivity index (χ1n) is 12.0. The number of nitrogens with two attached hydrogens (primary N) is 1. The van der Waals surface area contributed by atoms with Gasteiger partial charge in [-0.15, -0.1) is 0 Å². The Morgan fingerprint density at radius 3 is 2.11 bits per heavy atom. The van der Waals surface area contributed by atoms with Crippen molar-refractivity contribution in [3.05, 3.63) is 76.8 Å². The van der Waals surface area contributed by atoms with Crippen molar-refractivity contribution < 1.29 is 22.7 Å². The highest BCUT2D eigenvalue weighted by molar-refractivity contribution is 7.89. The Kier molecular flexibility index (Phi) is 7.78. The molecule has 2 amide bonds. The Morgan fingerprint density at radius 1 is 0.895 bits per heavy atom. The molecule has 0 saturated carbocycles. The molecule has 1 heterocycles. The van der Waals surface area contributed by atoms with Crippen LogP contribution in [0, 0.1) is 0 Å². The molecule has 3 aromatic carbocycles. The summed E-state index contributed by atoms with van der Waals surface area (Å²) in [5.74, 6) is -0.243. The number of ether oxygens (including phenoxy) is 1. The summed E-state index contributed by atoms with van der Waals surface area (Å²) in [5.41, 5.74) is 6.11. The Bertz CT molecular complexity index is 1510. The van der Waals surface area contributed by atoms with Crippen molar-refractivity contribution in [1.29, 1.82) is 0 Å². The maximum Gasteiger partial charge on any atom is 0.436 e. The summed E-state index contributed by atoms with van der Waals surface area (Å²) in [7, 11) is -3.72. The van der Waals surface area contributed by atoms with Crippen LogP contribution in [0.5, 0.6) is 0 Å². The second kappa shape index (κ2) is 10.7. The van der Waals surface area contributed by atoms with Gasteiger partial charge in [0.2, 0.25) is 10.0 Å². The fourth-order valence-corrected chi connectivity index (χ4v) is 5.69. The van der Waals surface area contributed by atoms with Gasteiger partial charge in [-0.2, -0.15) is 9.30 Å². The van der Waals surface area contributed by atoms with Crippen molar-refractivity contribution in [3.8, 4) is 0 Å². The molecule has 38 heavy (non-hydrogen) atoms. The summed E-state index contributed by atoms with van der Waals surface area (Å²) < 4.78 is 33.0. The van der Waals surface area contributed by atoms with Crippen LogP contribution in [0.4, 0.5) is 4.79 Å². The number of piperazine rings is 1. The van der Waals surface area contributed by atoms with Crippen molar-refractivity contribution in [3.63, 3.8) is 0 Å². The number of amides is 2. The van der Waals surface area contributed by atoms with E-state index in [1.54, 1.807) is 86.3 Å². The minimum absolute atomic E-state index is 0.0196. The number of benzene rings is 3. The predicted octanol–water partition coefficient (Wildman–Crippen LogP) is 4.28. The third kappa shape index (κ3) is 6.32. The molecule has 1 saturated heterocycles. The van der Waals surface area contributed by atoms with E-state index in [4.69, 9.17) is 22.1 Å². The molecule has 3 aromatic rings. The number of amidine groups is 1. The summed E-state index contributed by atoms with van der Waals surface area (Å²) in [4.78, 5) is 30.5. The first-order valence-corrected chi connectivity index (χ1v) is 13.8. The Labute approximate surface area is 226 Å². The molecule has 200 valence electrons. The van der Waals surface area contributed by atoms with Crippen LogP contribution in [0.3, 0.4) is 0 Å². The molecule has 0 atom stereocenters. The average Bonchev–Trinajstić information content (AvgIpc) is 2.87. The lowest BCUT2D eigenvalue weighted by atomic mass is 10.1. The molecule has 0 unspecified atom stereocenters. The van der Waals surface area contributed by atoms with Crippen LogP contribution in [-0.4, -0.2) is 67.2 Å². The molecule has 0 bridgehead atoms. The lowest BCUT2D eigenvalue weighted by Crippen LogP contribution is -2.50. The quantitative estimate of drug-likeness (QED) is 0.378. The van der Waals surface area contributed by atoms with Crippen LogP contribution in [0.15, 0.2) is 70.6 Å². The van der Waals surface area contributed by atoms with Gasteiger partial charge in [-0.3, -0.25) is 4.79 Å². The zero-order valence-corrected chi connectivity index (χ0v) is 22.9. The number of aliphatic imine (C=N–C) groups is 1. The maximum atomic E-state index is 13.2. The topological polar surface area (TPSA) is 122 Å². The van der Waals surface area contributed by atoms with E-state index in [-0.39, 0.29) is 42.8 Å². The Morgan fingerprint density at radius 2 is 1.47 bits per heavy atom. The number of halogens is 1. The molecule has 0 aromatic heterocycles. The normalized spacial score (nSPS) is 15.5. The lowest BCUT2D eigenvalue weighted by molar-refractivity contribution is 0.0603. The third-order valence-corrected chi connectivity index (χ3v) is 8.10. The van der Waals surface area contributed by atoms with E-state index >= 15 is 0 Å². The molecular formula is C27H29ClN4O5S. The molecule has 0 spiro atoms. The number of sulfonamides is 1. The van der Waals surface area contributed by atoms with E-state index in [1.807, 2.05) is 0 Å². The van der Waals surface area contributed by atoms with Gasteiger partial charge < -0.3 is 15.4 Å². The average molecular weight is 557 g/mol. The second-order valence-corrected chi connectivity index (χ2v) is 12.3. The first kappa shape index (κ1) is 27.6. The summed E-state index contributed by atoms with van der Waals surface area (Å²) in [6.07, 6.45) is -0.795. The zero-order valence-electron chi connectivity index (χ0n) is 21.3. The van der Waals surface area contributed by atoms with Crippen molar-refractivity contribution in [2.75, 3.05) is 26.2 Å². The molecule has 9 nitrogen and oxygen atoms in total. The fourth-order valence-electron chi connectivity index (χ4n) is 4.05. The molecule has 1 aliphatic heterocycles. The highest BCUT2D eigenvalue weighted by Gasteiger charge is 2.30. The van der Waals surface area contributed by atoms with Crippen LogP contribution in [0.1, 0.15) is 36.7 Å². The minimum atomic E-state index is -3.72. The van der Waals surface area contributed by atoms with Gasteiger partial charge in [-0.1, -0.05) is 35.9 Å². The van der Waals surface area contributed by atoms with Gasteiger partial charge in [0.1, 0.15) is 11.4 Å². The molecule has 0 aliphatic carbocycles. The van der Waals surface area contributed by atoms with E-state index in [0.717, 1.165) is 10.8 Å². The van der Waals surface area contributed by atoms with Crippen molar-refractivity contribution in [1.82, 2.24) is 9.21 Å². The summed E-state index contributed by atoms with van der Waals surface area (Å²) in [5, 5.41) is 2.22. The second-order valence-electron chi connectivity index (χ2n) is 9.90. The van der Waals surface area contributed by atoms with Crippen LogP contribution in [-0.2, 0) is 14.8 Å². The molecule has 1 fully saturated rings. The van der Waals surface area contributed by atoms with E-state index in [2.05, 4.69) is 4.99 Å². The monoisotopic (exact) mass is 556 g/mol. The number of hydrogen-bond donors (Lipinski definition) is 1. The highest BCUT2D eigenvalue weighted by atomic mass is 35.5. The van der Waals surface area contributed by atoms with Crippen molar-refractivity contribution in [2.24, 2.45) is 10.7 Å². The fraction of sp³-hybridized carbons (Fsp3) is 0.296. The van der Waals surface area contributed by atoms with E-state index in [9.17, 15) is 18.0 Å². The number of hydrogen-bond acceptors (Lipinski definition) is 5. The molecule has 4 rings (SSSR count).